The summed E-state index contributed by atoms with van der Waals surface area (Å²) in [5.74, 6) is -1.43. The third-order valence-corrected chi connectivity index (χ3v) is 9.26. The van der Waals surface area contributed by atoms with Crippen molar-refractivity contribution in [1.82, 2.24) is 45.4 Å². The Bertz CT molecular complexity index is 1900. The van der Waals surface area contributed by atoms with Gasteiger partial charge >= 0.3 is 12.9 Å². The molecule has 2 aliphatic rings. The third kappa shape index (κ3) is 8.27. The van der Waals surface area contributed by atoms with Crippen LogP contribution in [0.4, 0.5) is 17.6 Å². The quantitative estimate of drug-likeness (QED) is 0.127. The van der Waals surface area contributed by atoms with E-state index < -0.39 is 37.0 Å². The highest BCUT2D eigenvalue weighted by Gasteiger charge is 2.41. The number of nitrogens with zero attached hydrogens (tertiary/aromatic N) is 8. The Morgan fingerprint density at radius 1 is 0.725 bits per heavy atom. The largest absolute Gasteiger partial charge is 0.415 e. The maximum Gasteiger partial charge on any atom is 0.315 e. The number of ketones is 1. The first kappa shape index (κ1) is 35.3. The SMILES string of the molecule is FC(F)c1nnc(-c2cnc(CC3(c4ccccn4)CCC3)nc2)o1.O=C(CNC(=O)C(F)F)c1cnc(CC2(c3ccccn3)CCC2)nc1. The summed E-state index contributed by atoms with van der Waals surface area (Å²) in [5, 5.41) is 8.78. The van der Waals surface area contributed by atoms with Crippen molar-refractivity contribution in [3.63, 3.8) is 0 Å². The highest BCUT2D eigenvalue weighted by atomic mass is 19.3. The molecular weight excluding hydrogens is 670 g/mol. The molecule has 0 bridgehead atoms. The van der Waals surface area contributed by atoms with Gasteiger partial charge in [-0.05, 0) is 49.9 Å². The van der Waals surface area contributed by atoms with Crippen LogP contribution < -0.4 is 5.32 Å². The van der Waals surface area contributed by atoms with Gasteiger partial charge in [0.15, 0.2) is 5.78 Å². The lowest BCUT2D eigenvalue weighted by Crippen LogP contribution is -2.38. The van der Waals surface area contributed by atoms with Gasteiger partial charge in [0.05, 0.1) is 17.7 Å². The van der Waals surface area contributed by atoms with Gasteiger partial charge in [0.2, 0.25) is 0 Å². The normalized spacial score (nSPS) is 15.6. The summed E-state index contributed by atoms with van der Waals surface area (Å²) in [6, 6.07) is 11.8. The second-order valence-corrected chi connectivity index (χ2v) is 12.5. The first-order chi connectivity index (χ1) is 24.7. The van der Waals surface area contributed by atoms with Crippen LogP contribution in [0.5, 0.6) is 0 Å². The summed E-state index contributed by atoms with van der Waals surface area (Å²) in [4.78, 5) is 48.8. The second kappa shape index (κ2) is 15.6. The summed E-state index contributed by atoms with van der Waals surface area (Å²) in [5.41, 5.74) is 2.58. The van der Waals surface area contributed by atoms with Crippen molar-refractivity contribution in [2.45, 2.75) is 75.0 Å². The van der Waals surface area contributed by atoms with Crippen LogP contribution in [0.25, 0.3) is 11.5 Å². The number of hydrogen-bond acceptors (Lipinski definition) is 11. The van der Waals surface area contributed by atoms with E-state index in [0.717, 1.165) is 49.9 Å². The Balaban J connectivity index is 0.000000176. The van der Waals surface area contributed by atoms with E-state index in [1.807, 2.05) is 41.7 Å². The zero-order valence-electron chi connectivity index (χ0n) is 27.3. The van der Waals surface area contributed by atoms with E-state index >= 15 is 0 Å². The van der Waals surface area contributed by atoms with Crippen LogP contribution in [0.15, 0.2) is 78.0 Å². The fraction of sp³-hybridized carbons (Fsp3) is 0.371. The van der Waals surface area contributed by atoms with Crippen LogP contribution in [-0.4, -0.2) is 64.8 Å². The van der Waals surface area contributed by atoms with Gasteiger partial charge in [0, 0.05) is 72.2 Å². The number of rotatable bonds is 12. The number of amides is 1. The van der Waals surface area contributed by atoms with Gasteiger partial charge < -0.3 is 9.73 Å². The van der Waals surface area contributed by atoms with E-state index in [0.29, 0.717) is 30.1 Å². The minimum Gasteiger partial charge on any atom is -0.415 e. The van der Waals surface area contributed by atoms with Gasteiger partial charge in [-0.2, -0.15) is 17.6 Å². The van der Waals surface area contributed by atoms with Crippen LogP contribution in [-0.2, 0) is 28.5 Å². The molecule has 0 atom stereocenters. The lowest BCUT2D eigenvalue weighted by molar-refractivity contribution is -0.131. The molecule has 0 radical (unpaired) electrons. The molecule has 0 saturated heterocycles. The van der Waals surface area contributed by atoms with E-state index in [1.54, 1.807) is 12.4 Å². The van der Waals surface area contributed by atoms with Gasteiger partial charge in [-0.25, -0.2) is 19.9 Å². The molecule has 7 rings (SSSR count). The molecule has 5 aromatic rings. The van der Waals surface area contributed by atoms with Gasteiger partial charge in [-0.15, -0.1) is 10.2 Å². The van der Waals surface area contributed by atoms with Crippen molar-refractivity contribution in [3.8, 4) is 11.5 Å². The van der Waals surface area contributed by atoms with Gasteiger partial charge in [-0.1, -0.05) is 25.0 Å². The number of alkyl halides is 4. The maximum atomic E-state index is 12.5. The molecule has 16 heteroatoms. The summed E-state index contributed by atoms with van der Waals surface area (Å²) in [7, 11) is 0. The van der Waals surface area contributed by atoms with Crippen LogP contribution in [0.2, 0.25) is 0 Å². The lowest BCUT2D eigenvalue weighted by atomic mass is 9.64. The smallest absolute Gasteiger partial charge is 0.315 e. The van der Waals surface area contributed by atoms with Crippen molar-refractivity contribution in [2.75, 3.05) is 6.54 Å². The standard InChI is InChI=1S/C18H18F2N4O2.C17H15F2N5O/c19-16(20)17(26)24-11-13(25)12-9-22-15(23-10-12)8-18(5-3-6-18)14-4-1-2-7-21-14;18-14(19)16-24-23-15(25-16)11-9-21-13(22-10-11)8-17(5-3-6-17)12-4-1-2-7-20-12/h1-2,4,7,9-10,16H,3,5-6,8,11H2,(H,24,26);1-2,4,7,9-10,14H,3,5-6,8H2. The number of nitrogens with one attached hydrogen (secondary N) is 1. The van der Waals surface area contributed by atoms with Gasteiger partial charge in [-0.3, -0.25) is 19.6 Å². The Morgan fingerprint density at radius 2 is 1.25 bits per heavy atom. The Morgan fingerprint density at radius 3 is 1.67 bits per heavy atom. The van der Waals surface area contributed by atoms with Crippen LogP contribution in [0, 0.1) is 0 Å². The average molecular weight is 704 g/mol. The van der Waals surface area contributed by atoms with Gasteiger partial charge in [0.25, 0.3) is 17.7 Å². The number of halogens is 4. The molecule has 2 fully saturated rings. The number of Topliss-reactive ketones (excluding diaryl/α,β-unsaturated/α-hetero) is 1. The lowest BCUT2D eigenvalue weighted by Gasteiger charge is -2.41. The van der Waals surface area contributed by atoms with Crippen molar-refractivity contribution >= 4 is 11.7 Å². The number of hydrogen-bond donors (Lipinski definition) is 1. The minimum atomic E-state index is -3.15. The fourth-order valence-electron chi connectivity index (χ4n) is 6.14. The molecule has 0 aromatic carbocycles. The summed E-state index contributed by atoms with van der Waals surface area (Å²) in [6.07, 6.45) is 11.1. The molecule has 51 heavy (non-hydrogen) atoms. The van der Waals surface area contributed by atoms with E-state index in [4.69, 9.17) is 4.42 Å². The average Bonchev–Trinajstić information content (AvgIpc) is 3.63. The monoisotopic (exact) mass is 703 g/mol. The third-order valence-electron chi connectivity index (χ3n) is 9.26. The molecule has 5 aromatic heterocycles. The fourth-order valence-corrected chi connectivity index (χ4v) is 6.14. The topological polar surface area (TPSA) is 162 Å². The second-order valence-electron chi connectivity index (χ2n) is 12.5. The highest BCUT2D eigenvalue weighted by molar-refractivity contribution is 5.99. The van der Waals surface area contributed by atoms with Crippen molar-refractivity contribution in [2.24, 2.45) is 0 Å². The van der Waals surface area contributed by atoms with Crippen LogP contribution in [0.3, 0.4) is 0 Å². The summed E-state index contributed by atoms with van der Waals surface area (Å²) < 4.78 is 54.2. The highest BCUT2D eigenvalue weighted by Crippen LogP contribution is 2.45. The molecule has 0 unspecified atom stereocenters. The van der Waals surface area contributed by atoms with Crippen LogP contribution >= 0.6 is 0 Å². The minimum absolute atomic E-state index is 0.00932. The number of carbonyl (C=O) groups is 2. The van der Waals surface area contributed by atoms with E-state index in [1.165, 1.54) is 24.8 Å². The molecule has 264 valence electrons. The number of aromatic nitrogens is 8. The summed E-state index contributed by atoms with van der Waals surface area (Å²) in [6.45, 7) is -0.510. The molecule has 12 nitrogen and oxygen atoms in total. The molecule has 0 spiro atoms. The molecule has 1 N–H and O–H groups in total. The molecule has 2 aliphatic carbocycles. The first-order valence-corrected chi connectivity index (χ1v) is 16.3. The number of pyridine rings is 2. The Kier molecular flexibility index (Phi) is 10.8. The predicted molar refractivity (Wildman–Crippen MR) is 173 cm³/mol. The van der Waals surface area contributed by atoms with Crippen molar-refractivity contribution in [3.05, 3.63) is 108 Å². The number of carbonyl (C=O) groups excluding carboxylic acids is 2. The van der Waals surface area contributed by atoms with E-state index in [-0.39, 0.29) is 22.3 Å². The Labute approximate surface area is 289 Å². The predicted octanol–water partition coefficient (Wildman–Crippen LogP) is 5.62. The summed E-state index contributed by atoms with van der Waals surface area (Å²) >= 11 is 0. The molecule has 2 saturated carbocycles. The first-order valence-electron chi connectivity index (χ1n) is 16.3. The Hall–Kier alpha value is -5.54. The maximum absolute atomic E-state index is 12.5. The van der Waals surface area contributed by atoms with Crippen LogP contribution in [0.1, 0.15) is 84.2 Å². The van der Waals surface area contributed by atoms with Crippen molar-refractivity contribution < 1.29 is 31.6 Å². The zero-order chi connectivity index (χ0) is 35.8. The molecule has 0 aliphatic heterocycles. The molecule has 1 amide bonds. The van der Waals surface area contributed by atoms with E-state index in [9.17, 15) is 27.2 Å². The van der Waals surface area contributed by atoms with Crippen molar-refractivity contribution in [1.29, 1.82) is 0 Å². The molecule has 5 heterocycles. The zero-order valence-corrected chi connectivity index (χ0v) is 27.3. The molecular formula is C35H33F4N9O3. The van der Waals surface area contributed by atoms with E-state index in [2.05, 4.69) is 40.1 Å². The van der Waals surface area contributed by atoms with Gasteiger partial charge in [0.1, 0.15) is 11.6 Å².